The molecule has 1 heterocycles. The van der Waals surface area contributed by atoms with Crippen molar-refractivity contribution in [1.82, 2.24) is 0 Å². The van der Waals surface area contributed by atoms with Crippen LogP contribution in [0.5, 0.6) is 5.75 Å². The molecule has 0 bridgehead atoms. The average molecular weight is 401 g/mol. The van der Waals surface area contributed by atoms with Gasteiger partial charge in [0.2, 0.25) is 0 Å². The molecule has 1 fully saturated rings. The summed E-state index contributed by atoms with van der Waals surface area (Å²) >= 11 is 5.98. The second kappa shape index (κ2) is 6.79. The maximum Gasteiger partial charge on any atom is 0.327 e. The number of anilines is 2. The molecule has 1 N–H and O–H groups in total. The first kappa shape index (κ1) is 17.7. The van der Waals surface area contributed by atoms with Gasteiger partial charge < -0.3 is 5.11 Å². The van der Waals surface area contributed by atoms with Crippen LogP contribution in [0.3, 0.4) is 0 Å². The van der Waals surface area contributed by atoms with Gasteiger partial charge in [-0.25, -0.2) is 4.31 Å². The van der Waals surface area contributed by atoms with Gasteiger partial charge in [-0.1, -0.05) is 41.9 Å². The molecule has 5 nitrogen and oxygen atoms in total. The Labute approximate surface area is 163 Å². The number of nitrogens with zero attached hydrogens (tertiary/aromatic N) is 2. The number of para-hydroxylation sites is 1. The van der Waals surface area contributed by atoms with E-state index in [1.165, 1.54) is 8.61 Å². The molecule has 1 aliphatic heterocycles. The molecule has 3 aromatic rings. The summed E-state index contributed by atoms with van der Waals surface area (Å²) < 4.78 is 29.6. The van der Waals surface area contributed by atoms with Gasteiger partial charge >= 0.3 is 10.2 Å². The van der Waals surface area contributed by atoms with Crippen LogP contribution in [0, 0.1) is 0 Å². The number of hydrogen-bond acceptors (Lipinski definition) is 3. The summed E-state index contributed by atoms with van der Waals surface area (Å²) in [6, 6.07) is 21.9. The van der Waals surface area contributed by atoms with Crippen LogP contribution in [0.25, 0.3) is 0 Å². The van der Waals surface area contributed by atoms with Crippen LogP contribution in [0.2, 0.25) is 5.02 Å². The number of phenols is 1. The Balaban J connectivity index is 1.86. The van der Waals surface area contributed by atoms with Crippen LogP contribution >= 0.6 is 11.6 Å². The van der Waals surface area contributed by atoms with Gasteiger partial charge in [0.05, 0.1) is 24.0 Å². The van der Waals surface area contributed by atoms with Gasteiger partial charge in [-0.15, -0.1) is 0 Å². The molecule has 0 aromatic heterocycles. The number of aromatic hydroxyl groups is 1. The van der Waals surface area contributed by atoms with E-state index in [1.807, 2.05) is 12.1 Å². The first-order valence-electron chi connectivity index (χ1n) is 8.38. The van der Waals surface area contributed by atoms with Gasteiger partial charge in [-0.05, 0) is 54.1 Å². The first-order valence-corrected chi connectivity index (χ1v) is 10.2. The fraction of sp³-hybridized carbons (Fsp3) is 0.100. The van der Waals surface area contributed by atoms with E-state index in [-0.39, 0.29) is 12.3 Å². The zero-order valence-electron chi connectivity index (χ0n) is 14.2. The Hall–Kier alpha value is -2.70. The summed E-state index contributed by atoms with van der Waals surface area (Å²) in [5.74, 6) is 0.0964. The van der Waals surface area contributed by atoms with Crippen molar-refractivity contribution in [3.05, 3.63) is 89.4 Å². The third kappa shape index (κ3) is 3.22. The lowest BCUT2D eigenvalue weighted by Gasteiger charge is -2.24. The van der Waals surface area contributed by atoms with Crippen molar-refractivity contribution in [2.75, 3.05) is 15.2 Å². The number of benzene rings is 3. The van der Waals surface area contributed by atoms with E-state index >= 15 is 0 Å². The third-order valence-electron chi connectivity index (χ3n) is 4.53. The van der Waals surface area contributed by atoms with E-state index < -0.39 is 16.3 Å². The van der Waals surface area contributed by atoms with E-state index in [9.17, 15) is 13.5 Å². The topological polar surface area (TPSA) is 60.9 Å². The molecule has 0 saturated carbocycles. The quantitative estimate of drug-likeness (QED) is 0.710. The highest BCUT2D eigenvalue weighted by Gasteiger charge is 2.45. The Bertz CT molecular complexity index is 1060. The third-order valence-corrected chi connectivity index (χ3v) is 6.66. The SMILES string of the molecule is O=S1(=O)N(c2ccccc2)C[C@H](c2cccc(O)c2)N1c1ccc(Cl)cc1. The molecule has 138 valence electrons. The van der Waals surface area contributed by atoms with Crippen LogP contribution in [0.1, 0.15) is 11.6 Å². The molecular weight excluding hydrogens is 384 g/mol. The van der Waals surface area contributed by atoms with Crippen LogP contribution in [0.4, 0.5) is 11.4 Å². The van der Waals surface area contributed by atoms with Gasteiger partial charge in [0, 0.05) is 5.02 Å². The molecule has 1 atom stereocenters. The molecular formula is C20H17ClN2O3S. The lowest BCUT2D eigenvalue weighted by molar-refractivity contribution is 0.474. The van der Waals surface area contributed by atoms with Gasteiger partial charge in [-0.3, -0.25) is 4.31 Å². The van der Waals surface area contributed by atoms with Crippen molar-refractivity contribution in [2.45, 2.75) is 6.04 Å². The maximum atomic E-state index is 13.4. The molecule has 0 spiro atoms. The zero-order valence-corrected chi connectivity index (χ0v) is 15.8. The molecule has 7 heteroatoms. The van der Waals surface area contributed by atoms with Gasteiger partial charge in [-0.2, -0.15) is 8.42 Å². The summed E-state index contributed by atoms with van der Waals surface area (Å²) in [5.41, 5.74) is 1.83. The fourth-order valence-corrected chi connectivity index (χ4v) is 5.25. The van der Waals surface area contributed by atoms with Crippen molar-refractivity contribution in [2.24, 2.45) is 0 Å². The minimum Gasteiger partial charge on any atom is -0.508 e. The second-order valence-corrected chi connectivity index (χ2v) is 8.42. The van der Waals surface area contributed by atoms with Crippen LogP contribution in [-0.4, -0.2) is 20.1 Å². The van der Waals surface area contributed by atoms with Crippen molar-refractivity contribution in [3.63, 3.8) is 0 Å². The van der Waals surface area contributed by atoms with Crippen LogP contribution in [-0.2, 0) is 10.2 Å². The Kier molecular flexibility index (Phi) is 4.45. The Morgan fingerprint density at radius 3 is 2.26 bits per heavy atom. The molecule has 0 aliphatic carbocycles. The van der Waals surface area contributed by atoms with Crippen molar-refractivity contribution >= 4 is 33.2 Å². The zero-order chi connectivity index (χ0) is 19.0. The molecule has 3 aromatic carbocycles. The predicted octanol–water partition coefficient (Wildman–Crippen LogP) is 4.36. The van der Waals surface area contributed by atoms with Crippen LogP contribution < -0.4 is 8.61 Å². The monoisotopic (exact) mass is 400 g/mol. The smallest absolute Gasteiger partial charge is 0.327 e. The minimum absolute atomic E-state index is 0.0964. The van der Waals surface area contributed by atoms with Gasteiger partial charge in [0.1, 0.15) is 5.75 Å². The molecule has 1 saturated heterocycles. The number of rotatable bonds is 3. The predicted molar refractivity (Wildman–Crippen MR) is 107 cm³/mol. The number of hydrogen-bond donors (Lipinski definition) is 1. The average Bonchev–Trinajstić information content (AvgIpc) is 2.94. The molecule has 4 rings (SSSR count). The standard InChI is InChI=1S/C20H17ClN2O3S/c21-16-9-11-18(12-10-16)23-20(15-5-4-8-19(24)13-15)14-22(27(23,25)26)17-6-2-1-3-7-17/h1-13,20,24H,14H2/t20-/m1/s1. The van der Waals surface area contributed by atoms with Gasteiger partial charge in [0.15, 0.2) is 0 Å². The summed E-state index contributed by atoms with van der Waals surface area (Å²) in [5, 5.41) is 10.4. The van der Waals surface area contributed by atoms with Crippen molar-refractivity contribution in [1.29, 1.82) is 0 Å². The van der Waals surface area contributed by atoms with E-state index in [1.54, 1.807) is 66.7 Å². The second-order valence-electron chi connectivity index (χ2n) is 6.26. The van der Waals surface area contributed by atoms with Crippen molar-refractivity contribution < 1.29 is 13.5 Å². The Morgan fingerprint density at radius 2 is 1.59 bits per heavy atom. The number of halogens is 1. The molecule has 27 heavy (non-hydrogen) atoms. The summed E-state index contributed by atoms with van der Waals surface area (Å²) in [6.07, 6.45) is 0. The van der Waals surface area contributed by atoms with E-state index in [0.29, 0.717) is 22.0 Å². The first-order chi connectivity index (χ1) is 13.0. The Morgan fingerprint density at radius 1 is 0.889 bits per heavy atom. The molecule has 0 unspecified atom stereocenters. The lowest BCUT2D eigenvalue weighted by atomic mass is 10.1. The highest BCUT2D eigenvalue weighted by molar-refractivity contribution is 7.94. The minimum atomic E-state index is -3.82. The number of phenolic OH excluding ortho intramolecular Hbond substituents is 1. The van der Waals surface area contributed by atoms with Crippen LogP contribution in [0.15, 0.2) is 78.9 Å². The normalized spacial score (nSPS) is 18.6. The maximum absolute atomic E-state index is 13.4. The summed E-state index contributed by atoms with van der Waals surface area (Å²) in [7, 11) is -3.82. The summed E-state index contributed by atoms with van der Waals surface area (Å²) in [6.45, 7) is 0.235. The fourth-order valence-electron chi connectivity index (χ4n) is 3.30. The molecule has 0 radical (unpaired) electrons. The largest absolute Gasteiger partial charge is 0.508 e. The van der Waals surface area contributed by atoms with E-state index in [0.717, 1.165) is 0 Å². The highest BCUT2D eigenvalue weighted by atomic mass is 35.5. The van der Waals surface area contributed by atoms with Gasteiger partial charge in [0.25, 0.3) is 0 Å². The highest BCUT2D eigenvalue weighted by Crippen LogP contribution is 2.41. The lowest BCUT2D eigenvalue weighted by Crippen LogP contribution is -2.33. The van der Waals surface area contributed by atoms with Crippen molar-refractivity contribution in [3.8, 4) is 5.75 Å². The van der Waals surface area contributed by atoms with E-state index in [2.05, 4.69) is 0 Å². The molecule has 1 aliphatic rings. The molecule has 0 amide bonds. The van der Waals surface area contributed by atoms with E-state index in [4.69, 9.17) is 11.6 Å². The summed E-state index contributed by atoms with van der Waals surface area (Å²) in [4.78, 5) is 0.